The molecule has 0 amide bonds. The van der Waals surface area contributed by atoms with Gasteiger partial charge in [0.2, 0.25) is 0 Å². The fourth-order valence-corrected chi connectivity index (χ4v) is 10.1. The number of rotatable bonds is 3. The number of ether oxygens (including phenoxy) is 2. The zero-order valence-electron chi connectivity index (χ0n) is 29.3. The van der Waals surface area contributed by atoms with Gasteiger partial charge in [-0.3, -0.25) is 0 Å². The number of thiophene rings is 1. The maximum Gasteiger partial charge on any atom is 0.178 e. The van der Waals surface area contributed by atoms with Crippen LogP contribution in [0.3, 0.4) is 0 Å². The molecule has 248 valence electrons. The average molecular weight is 688 g/mol. The van der Waals surface area contributed by atoms with E-state index >= 15 is 0 Å². The van der Waals surface area contributed by atoms with E-state index < -0.39 is 0 Å². The number of hydrogen-bond acceptors (Lipinski definition) is 4. The third-order valence-corrected chi connectivity index (χ3v) is 12.8. The second-order valence-corrected chi connectivity index (χ2v) is 16.2. The summed E-state index contributed by atoms with van der Waals surface area (Å²) in [6.07, 6.45) is 0. The second kappa shape index (κ2) is 10.3. The van der Waals surface area contributed by atoms with Crippen LogP contribution in [-0.2, 0) is 10.8 Å². The monoisotopic (exact) mass is 687 g/mol. The van der Waals surface area contributed by atoms with Crippen LogP contribution < -0.4 is 14.4 Å². The molecule has 2 aliphatic carbocycles. The lowest BCUT2D eigenvalue weighted by Gasteiger charge is -2.29. The molecule has 0 spiro atoms. The molecule has 0 fully saturated rings. The summed E-state index contributed by atoms with van der Waals surface area (Å²) >= 11 is 1.82. The van der Waals surface area contributed by atoms with Gasteiger partial charge in [-0.05, 0) is 75.8 Å². The predicted octanol–water partition coefficient (Wildman–Crippen LogP) is 13.6. The summed E-state index contributed by atoms with van der Waals surface area (Å²) in [5, 5.41) is 2.51. The third-order valence-electron chi connectivity index (χ3n) is 11.6. The van der Waals surface area contributed by atoms with Gasteiger partial charge in [0, 0.05) is 43.5 Å². The lowest BCUT2D eigenvalue weighted by molar-refractivity contribution is 0.360. The van der Waals surface area contributed by atoms with Crippen molar-refractivity contribution < 1.29 is 9.47 Å². The van der Waals surface area contributed by atoms with E-state index in [4.69, 9.17) is 9.47 Å². The first-order valence-corrected chi connectivity index (χ1v) is 18.7. The molecule has 1 aliphatic heterocycles. The van der Waals surface area contributed by atoms with Crippen molar-refractivity contribution in [3.63, 3.8) is 0 Å². The maximum absolute atomic E-state index is 6.79. The minimum absolute atomic E-state index is 0.123. The fourth-order valence-electron chi connectivity index (χ4n) is 8.93. The van der Waals surface area contributed by atoms with E-state index in [9.17, 15) is 0 Å². The zero-order valence-corrected chi connectivity index (χ0v) is 30.1. The highest BCUT2D eigenvalue weighted by Gasteiger charge is 2.40. The molecule has 7 aromatic carbocycles. The fraction of sp³-hybridized carbons (Fsp3) is 0.125. The van der Waals surface area contributed by atoms with Gasteiger partial charge in [0.05, 0.1) is 21.8 Å². The summed E-state index contributed by atoms with van der Waals surface area (Å²) in [7, 11) is 0. The smallest absolute Gasteiger partial charge is 0.178 e. The molecule has 0 radical (unpaired) electrons. The zero-order chi connectivity index (χ0) is 34.9. The maximum atomic E-state index is 6.79. The van der Waals surface area contributed by atoms with Crippen LogP contribution in [-0.4, -0.2) is 0 Å². The van der Waals surface area contributed by atoms with Gasteiger partial charge in [0.15, 0.2) is 23.0 Å². The highest BCUT2D eigenvalue weighted by atomic mass is 32.1. The van der Waals surface area contributed by atoms with Crippen LogP contribution in [0.15, 0.2) is 127 Å². The quantitative estimate of drug-likeness (QED) is 0.185. The Morgan fingerprint density at radius 1 is 0.558 bits per heavy atom. The number of nitrogens with zero attached hydrogens (tertiary/aromatic N) is 1. The van der Waals surface area contributed by atoms with Crippen LogP contribution in [0.4, 0.5) is 17.1 Å². The summed E-state index contributed by atoms with van der Waals surface area (Å²) in [4.78, 5) is 2.31. The van der Waals surface area contributed by atoms with E-state index in [1.165, 1.54) is 53.6 Å². The molecule has 3 nitrogen and oxygen atoms in total. The molecule has 0 bridgehead atoms. The molecule has 1 aromatic heterocycles. The normalized spacial score (nSPS) is 15.0. The molecular formula is C48H33NO2S. The Labute approximate surface area is 307 Å². The Balaban J connectivity index is 1.08. The van der Waals surface area contributed by atoms with Crippen molar-refractivity contribution in [1.29, 1.82) is 0 Å². The van der Waals surface area contributed by atoms with Crippen molar-refractivity contribution >= 4 is 48.6 Å². The number of benzene rings is 6. The van der Waals surface area contributed by atoms with E-state index in [1.807, 2.05) is 17.4 Å². The molecule has 0 N–H and O–H groups in total. The predicted molar refractivity (Wildman–Crippen MR) is 213 cm³/mol. The van der Waals surface area contributed by atoms with Crippen LogP contribution in [0.5, 0.6) is 23.0 Å². The van der Waals surface area contributed by atoms with Crippen LogP contribution >= 0.6 is 11.3 Å². The van der Waals surface area contributed by atoms with E-state index in [2.05, 4.69) is 166 Å². The van der Waals surface area contributed by atoms with E-state index in [0.29, 0.717) is 11.5 Å². The van der Waals surface area contributed by atoms with Crippen LogP contribution in [0.2, 0.25) is 0 Å². The van der Waals surface area contributed by atoms with Gasteiger partial charge in [0.1, 0.15) is 0 Å². The molecule has 0 saturated heterocycles. The molecule has 4 heteroatoms. The minimum atomic E-state index is -0.175. The lowest BCUT2D eigenvalue weighted by atomic mass is 9.82. The second-order valence-electron chi connectivity index (χ2n) is 15.1. The van der Waals surface area contributed by atoms with Crippen molar-refractivity contribution in [2.75, 3.05) is 4.90 Å². The van der Waals surface area contributed by atoms with E-state index in [1.54, 1.807) is 0 Å². The average Bonchev–Trinajstić information content (AvgIpc) is 3.74. The Kier molecular flexibility index (Phi) is 5.87. The molecule has 0 unspecified atom stereocenters. The summed E-state index contributed by atoms with van der Waals surface area (Å²) in [6, 6.07) is 52.7. The number of hydrogen-bond donors (Lipinski definition) is 0. The Morgan fingerprint density at radius 2 is 1.27 bits per heavy atom. The molecule has 0 atom stereocenters. The van der Waals surface area contributed by atoms with Crippen molar-refractivity contribution in [2.24, 2.45) is 0 Å². The summed E-state index contributed by atoms with van der Waals surface area (Å²) in [5.41, 5.74) is 12.5. The third kappa shape index (κ3) is 3.92. The van der Waals surface area contributed by atoms with Gasteiger partial charge in [-0.1, -0.05) is 119 Å². The van der Waals surface area contributed by atoms with Gasteiger partial charge in [0.25, 0.3) is 0 Å². The summed E-state index contributed by atoms with van der Waals surface area (Å²) in [6.45, 7) is 9.19. The molecule has 8 aromatic rings. The first kappa shape index (κ1) is 29.7. The summed E-state index contributed by atoms with van der Waals surface area (Å²) < 4.78 is 16.0. The Morgan fingerprint density at radius 3 is 2.13 bits per heavy atom. The topological polar surface area (TPSA) is 21.7 Å². The van der Waals surface area contributed by atoms with Gasteiger partial charge in [-0.2, -0.15) is 0 Å². The van der Waals surface area contributed by atoms with Crippen molar-refractivity contribution in [1.82, 2.24) is 0 Å². The summed E-state index contributed by atoms with van der Waals surface area (Å²) in [5.74, 6) is 2.90. The van der Waals surface area contributed by atoms with Gasteiger partial charge >= 0.3 is 0 Å². The van der Waals surface area contributed by atoms with Crippen LogP contribution in [0, 0.1) is 12.1 Å². The molecular weight excluding hydrogens is 655 g/mol. The molecule has 3 aliphatic rings. The first-order valence-electron chi connectivity index (χ1n) is 17.8. The van der Waals surface area contributed by atoms with Gasteiger partial charge < -0.3 is 14.4 Å². The molecule has 52 heavy (non-hydrogen) atoms. The Bertz CT molecular complexity index is 2820. The molecule has 0 saturated carbocycles. The highest BCUT2D eigenvalue weighted by Crippen LogP contribution is 2.59. The Hall–Kier alpha value is -6.02. The molecule has 11 rings (SSSR count). The van der Waals surface area contributed by atoms with Gasteiger partial charge in [-0.15, -0.1) is 11.3 Å². The standard InChI is InChI=1S/C48H33NO2S/c1-47(2)36-17-9-6-14-34(36)44-37(47)23-25-41-45(44)51-40-24-21-29(27-42(40)50-41)49(39-18-11-15-33-32-13-7-10-19-43(32)52-46(33)39)28-20-22-31-30-12-5-8-16-35(30)48(3,4)38(31)26-28/h5-19,21,23-27H,1-4H3. The SMILES string of the molecule is CC1(C)c2cc(N(c3ccc4c(c3)Oc3ccc5c(c3O4)-c3ccccc3C5(C)C)c3cccc4c3sc3ccccc34)c#cc2-c2ccccc21. The first-order chi connectivity index (χ1) is 25.3. The van der Waals surface area contributed by atoms with Crippen molar-refractivity contribution in [2.45, 2.75) is 38.5 Å². The molecule has 2 heterocycles. The van der Waals surface area contributed by atoms with Gasteiger partial charge in [-0.25, -0.2) is 0 Å². The minimum Gasteiger partial charge on any atom is -0.449 e. The van der Waals surface area contributed by atoms with Crippen LogP contribution in [0.25, 0.3) is 42.4 Å². The highest BCUT2D eigenvalue weighted by molar-refractivity contribution is 7.26. The van der Waals surface area contributed by atoms with E-state index in [-0.39, 0.29) is 10.8 Å². The van der Waals surface area contributed by atoms with Crippen molar-refractivity contribution in [3.05, 3.63) is 162 Å². The van der Waals surface area contributed by atoms with Crippen molar-refractivity contribution in [3.8, 4) is 45.3 Å². The number of fused-ring (bicyclic) bond motifs is 12. The largest absolute Gasteiger partial charge is 0.449 e. The lowest BCUT2D eigenvalue weighted by Crippen LogP contribution is -2.16. The van der Waals surface area contributed by atoms with E-state index in [0.717, 1.165) is 39.7 Å². The van der Waals surface area contributed by atoms with Crippen LogP contribution in [0.1, 0.15) is 49.9 Å². The number of anilines is 3.